The van der Waals surface area contributed by atoms with Crippen LogP contribution in [-0.2, 0) is 18.2 Å². The van der Waals surface area contributed by atoms with Crippen molar-refractivity contribution in [2.45, 2.75) is 0 Å². The van der Waals surface area contributed by atoms with Crippen LogP contribution in [0.2, 0.25) is 0 Å². The zero-order valence-electron chi connectivity index (χ0n) is 9.45. The van der Waals surface area contributed by atoms with Gasteiger partial charge in [0.05, 0.1) is 19.8 Å². The number of phosphoric ester groups is 2. The molecule has 0 aromatic heterocycles. The highest BCUT2D eigenvalue weighted by molar-refractivity contribution is 7.46. The number of rotatable bonds is 10. The molecule has 0 aliphatic carbocycles. The summed E-state index contributed by atoms with van der Waals surface area (Å²) in [5, 5.41) is 8.72. The van der Waals surface area contributed by atoms with Crippen molar-refractivity contribution in [2.24, 2.45) is 0 Å². The molecule has 0 aliphatic rings. The van der Waals surface area contributed by atoms with Crippen molar-refractivity contribution in [2.75, 3.05) is 39.5 Å². The number of nitrogens with zero attached hydrogens (tertiary/aromatic N) is 1. The minimum atomic E-state index is -4.54. The summed E-state index contributed by atoms with van der Waals surface area (Å²) in [6, 6.07) is 0. The van der Waals surface area contributed by atoms with Crippen LogP contribution in [-0.4, -0.2) is 69.0 Å². The lowest BCUT2D eigenvalue weighted by Gasteiger charge is -2.21. The molecule has 0 aliphatic heterocycles. The fourth-order valence-corrected chi connectivity index (χ4v) is 1.69. The Morgan fingerprint density at radius 1 is 0.833 bits per heavy atom. The van der Waals surface area contributed by atoms with Crippen LogP contribution in [0, 0.1) is 0 Å². The van der Waals surface area contributed by atoms with Gasteiger partial charge in [-0.1, -0.05) is 0 Å². The molecule has 0 aromatic carbocycles. The molecule has 5 N–H and O–H groups in total. The molecular formula is C6H17NO9P2. The molecule has 0 fully saturated rings. The summed E-state index contributed by atoms with van der Waals surface area (Å²) in [6.45, 7) is -0.451. The van der Waals surface area contributed by atoms with E-state index in [-0.39, 0.29) is 39.5 Å². The van der Waals surface area contributed by atoms with Gasteiger partial charge in [-0.15, -0.1) is 0 Å². The second kappa shape index (κ2) is 8.34. The SMILES string of the molecule is O=P(O)(O)OCCN(CCO)CCOP(=O)(O)O. The van der Waals surface area contributed by atoms with Gasteiger partial charge in [-0.25, -0.2) is 9.13 Å². The quantitative estimate of drug-likeness (QED) is 0.301. The number of hydrogen-bond donors (Lipinski definition) is 5. The lowest BCUT2D eigenvalue weighted by atomic mass is 10.4. The molecule has 0 heterocycles. The summed E-state index contributed by atoms with van der Waals surface area (Å²) >= 11 is 0. The summed E-state index contributed by atoms with van der Waals surface area (Å²) in [7, 11) is -9.08. The Bertz CT molecular complexity index is 284. The van der Waals surface area contributed by atoms with E-state index in [1.165, 1.54) is 4.90 Å². The van der Waals surface area contributed by atoms with Crippen molar-refractivity contribution in [3.8, 4) is 0 Å². The first-order valence-electron chi connectivity index (χ1n) is 4.87. The zero-order valence-corrected chi connectivity index (χ0v) is 11.2. The molecule has 0 spiro atoms. The normalized spacial score (nSPS) is 13.2. The number of hydrogen-bond acceptors (Lipinski definition) is 6. The first-order chi connectivity index (χ1) is 8.14. The summed E-state index contributed by atoms with van der Waals surface area (Å²) in [6.07, 6.45) is 0. The third-order valence-electron chi connectivity index (χ3n) is 1.75. The second-order valence-electron chi connectivity index (χ2n) is 3.21. The maximum atomic E-state index is 10.4. The number of aliphatic hydroxyl groups is 1. The van der Waals surface area contributed by atoms with E-state index in [1.807, 2.05) is 0 Å². The Hall–Kier alpha value is 0.140. The van der Waals surface area contributed by atoms with Crippen molar-refractivity contribution in [3.63, 3.8) is 0 Å². The van der Waals surface area contributed by atoms with Gasteiger partial charge in [0.15, 0.2) is 0 Å². The molecule has 10 nitrogen and oxygen atoms in total. The largest absolute Gasteiger partial charge is 0.469 e. The molecule has 110 valence electrons. The van der Waals surface area contributed by atoms with E-state index in [1.54, 1.807) is 0 Å². The molecule has 12 heteroatoms. The molecule has 0 bridgehead atoms. The lowest BCUT2D eigenvalue weighted by Crippen LogP contribution is -2.33. The average Bonchev–Trinajstić information content (AvgIpc) is 2.13. The van der Waals surface area contributed by atoms with E-state index in [2.05, 4.69) is 9.05 Å². The fraction of sp³-hybridized carbons (Fsp3) is 1.00. The highest BCUT2D eigenvalue weighted by atomic mass is 31.2. The van der Waals surface area contributed by atoms with E-state index in [0.29, 0.717) is 0 Å². The van der Waals surface area contributed by atoms with Gasteiger partial charge in [0, 0.05) is 19.6 Å². The molecule has 0 radical (unpaired) electrons. The topological polar surface area (TPSA) is 157 Å². The van der Waals surface area contributed by atoms with Crippen molar-refractivity contribution in [1.82, 2.24) is 4.90 Å². The van der Waals surface area contributed by atoms with Crippen LogP contribution >= 0.6 is 15.6 Å². The Balaban J connectivity index is 3.92. The molecule has 0 atom stereocenters. The number of phosphoric acid groups is 2. The van der Waals surface area contributed by atoms with Crippen molar-refractivity contribution in [3.05, 3.63) is 0 Å². The second-order valence-corrected chi connectivity index (χ2v) is 5.69. The highest BCUT2D eigenvalue weighted by Crippen LogP contribution is 2.36. The molecule has 0 aromatic rings. The molecular weight excluding hydrogens is 292 g/mol. The van der Waals surface area contributed by atoms with Crippen molar-refractivity contribution >= 4 is 15.6 Å². The monoisotopic (exact) mass is 309 g/mol. The molecule has 0 unspecified atom stereocenters. The summed E-state index contributed by atoms with van der Waals surface area (Å²) in [4.78, 5) is 35.2. The van der Waals surface area contributed by atoms with Gasteiger partial charge in [0.2, 0.25) is 0 Å². The van der Waals surface area contributed by atoms with Crippen molar-refractivity contribution in [1.29, 1.82) is 0 Å². The van der Waals surface area contributed by atoms with Crippen LogP contribution in [0.15, 0.2) is 0 Å². The molecule has 18 heavy (non-hydrogen) atoms. The predicted octanol–water partition coefficient (Wildman–Crippen LogP) is -1.50. The van der Waals surface area contributed by atoms with E-state index in [4.69, 9.17) is 24.7 Å². The van der Waals surface area contributed by atoms with Gasteiger partial charge in [-0.05, 0) is 0 Å². The van der Waals surface area contributed by atoms with E-state index < -0.39 is 15.6 Å². The zero-order chi connectivity index (χ0) is 14.2. The average molecular weight is 309 g/mol. The summed E-state index contributed by atoms with van der Waals surface area (Å²) < 4.78 is 29.2. The third kappa shape index (κ3) is 12.6. The molecule has 0 amide bonds. The highest BCUT2D eigenvalue weighted by Gasteiger charge is 2.16. The number of aliphatic hydroxyl groups excluding tert-OH is 1. The third-order valence-corrected chi connectivity index (χ3v) is 2.79. The maximum absolute atomic E-state index is 10.4. The fourth-order valence-electron chi connectivity index (χ4n) is 1.05. The Labute approximate surface area is 104 Å². The minimum Gasteiger partial charge on any atom is -0.395 e. The molecule has 0 rings (SSSR count). The maximum Gasteiger partial charge on any atom is 0.469 e. The molecule has 0 saturated carbocycles. The van der Waals surface area contributed by atoms with Crippen LogP contribution in [0.1, 0.15) is 0 Å². The van der Waals surface area contributed by atoms with Gasteiger partial charge in [-0.2, -0.15) is 0 Å². The van der Waals surface area contributed by atoms with Gasteiger partial charge in [-0.3, -0.25) is 13.9 Å². The van der Waals surface area contributed by atoms with E-state index in [9.17, 15) is 9.13 Å². The lowest BCUT2D eigenvalue weighted by molar-refractivity contribution is 0.121. The predicted molar refractivity (Wildman–Crippen MR) is 59.5 cm³/mol. The first kappa shape index (κ1) is 18.1. The van der Waals surface area contributed by atoms with Crippen LogP contribution in [0.25, 0.3) is 0 Å². The summed E-state index contributed by atoms with van der Waals surface area (Å²) in [5.74, 6) is 0. The standard InChI is InChI=1S/C6H17NO9P2/c8-4-1-7(2-5-15-17(9,10)11)3-6-16-18(12,13)14/h8H,1-6H2,(H2,9,10,11)(H2,12,13,14). The smallest absolute Gasteiger partial charge is 0.395 e. The van der Waals surface area contributed by atoms with Gasteiger partial charge >= 0.3 is 15.6 Å². The van der Waals surface area contributed by atoms with Crippen LogP contribution in [0.5, 0.6) is 0 Å². The Morgan fingerprint density at radius 3 is 1.50 bits per heavy atom. The summed E-state index contributed by atoms with van der Waals surface area (Å²) in [5.41, 5.74) is 0. The Morgan fingerprint density at radius 2 is 1.22 bits per heavy atom. The van der Waals surface area contributed by atoms with Crippen LogP contribution in [0.3, 0.4) is 0 Å². The van der Waals surface area contributed by atoms with Crippen LogP contribution < -0.4 is 0 Å². The minimum absolute atomic E-state index is 0.0796. The van der Waals surface area contributed by atoms with Crippen LogP contribution in [0.4, 0.5) is 0 Å². The van der Waals surface area contributed by atoms with Gasteiger partial charge in [0.25, 0.3) is 0 Å². The van der Waals surface area contributed by atoms with E-state index >= 15 is 0 Å². The van der Waals surface area contributed by atoms with Crippen molar-refractivity contribution < 1.29 is 42.9 Å². The van der Waals surface area contributed by atoms with Gasteiger partial charge in [0.1, 0.15) is 0 Å². The Kier molecular flexibility index (Phi) is 8.40. The first-order valence-corrected chi connectivity index (χ1v) is 7.93. The van der Waals surface area contributed by atoms with Gasteiger partial charge < -0.3 is 24.7 Å². The molecule has 0 saturated heterocycles. The van der Waals surface area contributed by atoms with E-state index in [0.717, 1.165) is 0 Å².